The fourth-order valence-corrected chi connectivity index (χ4v) is 3.23. The SMILES string of the molecule is Cc1ccc(CC(Br)c2cccc(C)c2C)cc1C. The summed E-state index contributed by atoms with van der Waals surface area (Å²) < 4.78 is 0. The lowest BCUT2D eigenvalue weighted by Gasteiger charge is -2.15. The molecule has 0 bridgehead atoms. The highest BCUT2D eigenvalue weighted by molar-refractivity contribution is 9.09. The van der Waals surface area contributed by atoms with Crippen LogP contribution in [0.1, 0.15) is 38.2 Å². The molecule has 0 heterocycles. The molecule has 0 saturated carbocycles. The molecule has 0 nitrogen and oxygen atoms in total. The highest BCUT2D eigenvalue weighted by Gasteiger charge is 2.12. The van der Waals surface area contributed by atoms with Crippen LogP contribution in [-0.4, -0.2) is 0 Å². The summed E-state index contributed by atoms with van der Waals surface area (Å²) in [5, 5.41) is 0. The first-order valence-electron chi connectivity index (χ1n) is 6.75. The van der Waals surface area contributed by atoms with Crippen LogP contribution < -0.4 is 0 Å². The minimum absolute atomic E-state index is 0.384. The zero-order valence-electron chi connectivity index (χ0n) is 12.1. The van der Waals surface area contributed by atoms with E-state index in [4.69, 9.17) is 0 Å². The Balaban J connectivity index is 2.23. The van der Waals surface area contributed by atoms with E-state index in [-0.39, 0.29) is 0 Å². The smallest absolute Gasteiger partial charge is 0.0438 e. The number of hydrogen-bond donors (Lipinski definition) is 0. The van der Waals surface area contributed by atoms with Crippen molar-refractivity contribution in [2.45, 2.75) is 38.9 Å². The lowest BCUT2D eigenvalue weighted by atomic mass is 9.96. The Bertz CT molecular complexity index is 584. The van der Waals surface area contributed by atoms with Crippen LogP contribution in [0.4, 0.5) is 0 Å². The molecular formula is C18H21Br. The van der Waals surface area contributed by atoms with Gasteiger partial charge >= 0.3 is 0 Å². The zero-order valence-corrected chi connectivity index (χ0v) is 13.7. The molecule has 0 aliphatic carbocycles. The first kappa shape index (κ1) is 14.3. The molecule has 0 amide bonds. The van der Waals surface area contributed by atoms with Crippen molar-refractivity contribution < 1.29 is 0 Å². The van der Waals surface area contributed by atoms with Gasteiger partial charge in [-0.3, -0.25) is 0 Å². The van der Waals surface area contributed by atoms with Gasteiger partial charge in [-0.15, -0.1) is 0 Å². The predicted octanol–water partition coefficient (Wildman–Crippen LogP) is 5.60. The molecule has 0 radical (unpaired) electrons. The van der Waals surface area contributed by atoms with Gasteiger partial charge in [0.1, 0.15) is 0 Å². The third kappa shape index (κ3) is 3.27. The third-order valence-corrected chi connectivity index (χ3v) is 4.79. The molecule has 0 aromatic heterocycles. The van der Waals surface area contributed by atoms with Crippen molar-refractivity contribution in [3.8, 4) is 0 Å². The van der Waals surface area contributed by atoms with Crippen LogP contribution in [0, 0.1) is 27.7 Å². The highest BCUT2D eigenvalue weighted by atomic mass is 79.9. The van der Waals surface area contributed by atoms with Crippen molar-refractivity contribution in [2.75, 3.05) is 0 Å². The van der Waals surface area contributed by atoms with E-state index < -0.39 is 0 Å². The van der Waals surface area contributed by atoms with Crippen LogP contribution in [0.3, 0.4) is 0 Å². The third-order valence-electron chi connectivity index (χ3n) is 3.97. The predicted molar refractivity (Wildman–Crippen MR) is 87.2 cm³/mol. The van der Waals surface area contributed by atoms with Crippen LogP contribution in [0.25, 0.3) is 0 Å². The molecule has 1 heteroatoms. The summed E-state index contributed by atoms with van der Waals surface area (Å²) >= 11 is 3.85. The van der Waals surface area contributed by atoms with Crippen molar-refractivity contribution in [3.63, 3.8) is 0 Å². The first-order valence-corrected chi connectivity index (χ1v) is 7.67. The van der Waals surface area contributed by atoms with Crippen LogP contribution >= 0.6 is 15.9 Å². The van der Waals surface area contributed by atoms with Crippen molar-refractivity contribution in [3.05, 3.63) is 69.8 Å². The molecule has 0 spiro atoms. The minimum atomic E-state index is 0.384. The van der Waals surface area contributed by atoms with Gasteiger partial charge in [-0.25, -0.2) is 0 Å². The van der Waals surface area contributed by atoms with Crippen LogP contribution in [-0.2, 0) is 6.42 Å². The second-order valence-corrected chi connectivity index (χ2v) is 6.48. The van der Waals surface area contributed by atoms with E-state index in [0.29, 0.717) is 4.83 Å². The molecule has 1 unspecified atom stereocenters. The van der Waals surface area contributed by atoms with E-state index in [9.17, 15) is 0 Å². The maximum absolute atomic E-state index is 3.85. The van der Waals surface area contributed by atoms with Gasteiger partial charge in [-0.2, -0.15) is 0 Å². The van der Waals surface area contributed by atoms with Gasteiger partial charge in [0.25, 0.3) is 0 Å². The Labute approximate surface area is 125 Å². The number of benzene rings is 2. The Morgan fingerprint density at radius 1 is 0.895 bits per heavy atom. The lowest BCUT2D eigenvalue weighted by Crippen LogP contribution is -2.00. The maximum Gasteiger partial charge on any atom is 0.0438 e. The number of aryl methyl sites for hydroxylation is 3. The molecule has 2 aromatic carbocycles. The van der Waals surface area contributed by atoms with Gasteiger partial charge in [0.2, 0.25) is 0 Å². The summed E-state index contributed by atoms with van der Waals surface area (Å²) in [7, 11) is 0. The molecule has 0 saturated heterocycles. The number of hydrogen-bond acceptors (Lipinski definition) is 0. The quantitative estimate of drug-likeness (QED) is 0.647. The zero-order chi connectivity index (χ0) is 14.0. The normalized spacial score (nSPS) is 12.5. The molecule has 0 fully saturated rings. The largest absolute Gasteiger partial charge is 0.0835 e. The molecule has 19 heavy (non-hydrogen) atoms. The fourth-order valence-electron chi connectivity index (χ4n) is 2.36. The van der Waals surface area contributed by atoms with Gasteiger partial charge in [-0.05, 0) is 67.5 Å². The standard InChI is InChI=1S/C18H21Br/c1-12-8-9-16(10-14(12)3)11-18(19)17-7-5-6-13(2)15(17)4/h5-10,18H,11H2,1-4H3. The summed E-state index contributed by atoms with van der Waals surface area (Å²) in [5.41, 5.74) is 8.29. The molecule has 2 rings (SSSR count). The topological polar surface area (TPSA) is 0 Å². The molecule has 0 aliphatic heterocycles. The average Bonchev–Trinajstić information content (AvgIpc) is 2.37. The number of rotatable bonds is 3. The van der Waals surface area contributed by atoms with E-state index in [2.05, 4.69) is 80.0 Å². The van der Waals surface area contributed by atoms with Crippen molar-refractivity contribution in [1.82, 2.24) is 0 Å². The summed E-state index contributed by atoms with van der Waals surface area (Å²) in [4.78, 5) is 0.384. The average molecular weight is 317 g/mol. The van der Waals surface area contributed by atoms with E-state index in [1.165, 1.54) is 33.4 Å². The first-order chi connectivity index (χ1) is 8.99. The van der Waals surface area contributed by atoms with Crippen LogP contribution in [0.2, 0.25) is 0 Å². The molecule has 2 aromatic rings. The Morgan fingerprint density at radius 3 is 2.32 bits per heavy atom. The number of halogens is 1. The van der Waals surface area contributed by atoms with E-state index in [1.54, 1.807) is 0 Å². The monoisotopic (exact) mass is 316 g/mol. The van der Waals surface area contributed by atoms with Crippen molar-refractivity contribution in [1.29, 1.82) is 0 Å². The van der Waals surface area contributed by atoms with E-state index in [0.717, 1.165) is 6.42 Å². The van der Waals surface area contributed by atoms with Crippen molar-refractivity contribution in [2.24, 2.45) is 0 Å². The highest BCUT2D eigenvalue weighted by Crippen LogP contribution is 2.31. The van der Waals surface area contributed by atoms with E-state index in [1.807, 2.05) is 0 Å². The van der Waals surface area contributed by atoms with Gasteiger partial charge in [0.05, 0.1) is 0 Å². The second kappa shape index (κ2) is 5.92. The maximum atomic E-state index is 3.85. The Kier molecular flexibility index (Phi) is 4.46. The van der Waals surface area contributed by atoms with Gasteiger partial charge in [0.15, 0.2) is 0 Å². The fraction of sp³-hybridized carbons (Fsp3) is 0.333. The lowest BCUT2D eigenvalue weighted by molar-refractivity contribution is 0.932. The Hall–Kier alpha value is -1.08. The molecule has 0 aliphatic rings. The molecular weight excluding hydrogens is 296 g/mol. The summed E-state index contributed by atoms with van der Waals surface area (Å²) in [6.07, 6.45) is 1.03. The van der Waals surface area contributed by atoms with Gasteiger partial charge < -0.3 is 0 Å². The number of alkyl halides is 1. The molecule has 0 N–H and O–H groups in total. The van der Waals surface area contributed by atoms with E-state index >= 15 is 0 Å². The second-order valence-electron chi connectivity index (χ2n) is 5.38. The Morgan fingerprint density at radius 2 is 1.63 bits per heavy atom. The van der Waals surface area contributed by atoms with Crippen LogP contribution in [0.5, 0.6) is 0 Å². The van der Waals surface area contributed by atoms with Crippen molar-refractivity contribution >= 4 is 15.9 Å². The molecule has 1 atom stereocenters. The summed E-state index contributed by atoms with van der Waals surface area (Å²) in [6.45, 7) is 8.73. The van der Waals surface area contributed by atoms with Gasteiger partial charge in [-0.1, -0.05) is 52.3 Å². The minimum Gasteiger partial charge on any atom is -0.0835 e. The van der Waals surface area contributed by atoms with Crippen LogP contribution in [0.15, 0.2) is 36.4 Å². The van der Waals surface area contributed by atoms with Gasteiger partial charge in [0, 0.05) is 4.83 Å². The molecule has 100 valence electrons. The summed E-state index contributed by atoms with van der Waals surface area (Å²) in [5.74, 6) is 0. The summed E-state index contributed by atoms with van der Waals surface area (Å²) in [6, 6.07) is 13.3.